The number of benzene rings is 1. The van der Waals surface area contributed by atoms with E-state index in [2.05, 4.69) is 27.9 Å². The van der Waals surface area contributed by atoms with Crippen molar-refractivity contribution in [3.63, 3.8) is 0 Å². The Morgan fingerprint density at radius 2 is 1.92 bits per heavy atom. The Kier molecular flexibility index (Phi) is 4.57. The van der Waals surface area contributed by atoms with Crippen molar-refractivity contribution in [2.24, 2.45) is 0 Å². The first kappa shape index (κ1) is 17.4. The molecule has 2 aromatic heterocycles. The highest BCUT2D eigenvalue weighted by molar-refractivity contribution is 7.90. The van der Waals surface area contributed by atoms with Crippen molar-refractivity contribution in [1.29, 1.82) is 5.26 Å². The molecule has 0 aliphatic rings. The number of rotatable bonds is 2. The standard InChI is InChI=1S/C19H14N4O2S/c1-14-22-17(13-23(14)18-5-3-4-16(10-18)12-20)7-6-15-8-9-21-19(11-15)26(2,24)25/h3-5,8-11,13H,1-2H3. The van der Waals surface area contributed by atoms with Gasteiger partial charge in [0.1, 0.15) is 11.5 Å². The van der Waals surface area contributed by atoms with Gasteiger partial charge in [-0.3, -0.25) is 0 Å². The van der Waals surface area contributed by atoms with Crippen LogP contribution >= 0.6 is 0 Å². The normalized spacial score (nSPS) is 10.7. The van der Waals surface area contributed by atoms with Crippen LogP contribution in [0.25, 0.3) is 5.69 Å². The number of sulfone groups is 1. The number of hydrogen-bond donors (Lipinski definition) is 0. The molecule has 0 spiro atoms. The summed E-state index contributed by atoms with van der Waals surface area (Å²) in [5.41, 5.74) is 2.47. The topological polar surface area (TPSA) is 88.6 Å². The van der Waals surface area contributed by atoms with Gasteiger partial charge in [-0.05, 0) is 43.2 Å². The number of hydrogen-bond acceptors (Lipinski definition) is 5. The van der Waals surface area contributed by atoms with Crippen molar-refractivity contribution < 1.29 is 8.42 Å². The molecule has 0 aliphatic heterocycles. The van der Waals surface area contributed by atoms with Crippen LogP contribution in [-0.4, -0.2) is 29.2 Å². The first-order valence-corrected chi connectivity index (χ1v) is 9.50. The fourth-order valence-electron chi connectivity index (χ4n) is 2.35. The fourth-order valence-corrected chi connectivity index (χ4v) is 2.94. The average Bonchev–Trinajstić information content (AvgIpc) is 3.00. The zero-order chi connectivity index (χ0) is 18.7. The molecular formula is C19H14N4O2S. The van der Waals surface area contributed by atoms with Crippen LogP contribution in [0.15, 0.2) is 53.8 Å². The average molecular weight is 362 g/mol. The SMILES string of the molecule is Cc1nc(C#Cc2ccnc(S(C)(=O)=O)c2)cn1-c1cccc(C#N)c1. The van der Waals surface area contributed by atoms with E-state index in [9.17, 15) is 8.42 Å². The molecule has 0 N–H and O–H groups in total. The highest BCUT2D eigenvalue weighted by Crippen LogP contribution is 2.14. The summed E-state index contributed by atoms with van der Waals surface area (Å²) in [6.45, 7) is 1.85. The van der Waals surface area contributed by atoms with Gasteiger partial charge in [-0.25, -0.2) is 18.4 Å². The maximum Gasteiger partial charge on any atom is 0.192 e. The van der Waals surface area contributed by atoms with Gasteiger partial charge in [0, 0.05) is 29.9 Å². The largest absolute Gasteiger partial charge is 0.303 e. The summed E-state index contributed by atoms with van der Waals surface area (Å²) in [5.74, 6) is 6.57. The Balaban J connectivity index is 1.94. The third kappa shape index (κ3) is 3.80. The molecule has 1 aromatic carbocycles. The summed E-state index contributed by atoms with van der Waals surface area (Å²) < 4.78 is 25.0. The van der Waals surface area contributed by atoms with Gasteiger partial charge in [0.25, 0.3) is 0 Å². The molecule has 3 aromatic rings. The van der Waals surface area contributed by atoms with E-state index in [1.54, 1.807) is 24.4 Å². The number of aryl methyl sites for hydroxylation is 1. The van der Waals surface area contributed by atoms with Gasteiger partial charge in [0.2, 0.25) is 0 Å². The van der Waals surface area contributed by atoms with E-state index < -0.39 is 9.84 Å². The fraction of sp³-hybridized carbons (Fsp3) is 0.105. The second-order valence-electron chi connectivity index (χ2n) is 5.61. The van der Waals surface area contributed by atoms with Crippen LogP contribution in [0.1, 0.15) is 22.6 Å². The molecule has 0 saturated heterocycles. The van der Waals surface area contributed by atoms with E-state index in [0.29, 0.717) is 16.8 Å². The number of aromatic nitrogens is 3. The van der Waals surface area contributed by atoms with E-state index in [4.69, 9.17) is 5.26 Å². The molecule has 0 saturated carbocycles. The summed E-state index contributed by atoms with van der Waals surface area (Å²) in [5, 5.41) is 9.01. The quantitative estimate of drug-likeness (QED) is 0.653. The van der Waals surface area contributed by atoms with Crippen LogP contribution in [-0.2, 0) is 9.84 Å². The van der Waals surface area contributed by atoms with Crippen molar-refractivity contribution in [3.05, 3.63) is 71.4 Å². The van der Waals surface area contributed by atoms with Crippen molar-refractivity contribution in [2.45, 2.75) is 11.9 Å². The van der Waals surface area contributed by atoms with Crippen LogP contribution in [0.4, 0.5) is 0 Å². The summed E-state index contributed by atoms with van der Waals surface area (Å²) in [4.78, 5) is 8.24. The predicted octanol–water partition coefficient (Wildman–Crippen LogP) is 2.25. The molecule has 0 atom stereocenters. The van der Waals surface area contributed by atoms with Gasteiger partial charge in [-0.2, -0.15) is 5.26 Å². The summed E-state index contributed by atoms with van der Waals surface area (Å²) >= 11 is 0. The Morgan fingerprint density at radius 3 is 2.65 bits per heavy atom. The lowest BCUT2D eigenvalue weighted by Crippen LogP contribution is -2.00. The molecular weight excluding hydrogens is 348 g/mol. The minimum Gasteiger partial charge on any atom is -0.303 e. The Labute approximate surface area is 151 Å². The van der Waals surface area contributed by atoms with Gasteiger partial charge < -0.3 is 4.57 Å². The van der Waals surface area contributed by atoms with Gasteiger partial charge in [0.05, 0.1) is 11.6 Å². The number of nitriles is 1. The Morgan fingerprint density at radius 1 is 1.12 bits per heavy atom. The Hall–Kier alpha value is -3.42. The highest BCUT2D eigenvalue weighted by Gasteiger charge is 2.08. The van der Waals surface area contributed by atoms with Crippen LogP contribution in [0.2, 0.25) is 0 Å². The van der Waals surface area contributed by atoms with E-state index in [1.807, 2.05) is 23.6 Å². The molecule has 2 heterocycles. The smallest absolute Gasteiger partial charge is 0.192 e. The summed E-state index contributed by atoms with van der Waals surface area (Å²) in [6.07, 6.45) is 4.29. The van der Waals surface area contributed by atoms with Crippen molar-refractivity contribution in [1.82, 2.24) is 14.5 Å². The number of imidazole rings is 1. The number of pyridine rings is 1. The molecule has 0 unspecified atom stereocenters. The zero-order valence-electron chi connectivity index (χ0n) is 14.1. The zero-order valence-corrected chi connectivity index (χ0v) is 14.9. The molecule has 0 aliphatic carbocycles. The van der Waals surface area contributed by atoms with E-state index in [0.717, 1.165) is 17.8 Å². The minimum absolute atomic E-state index is 0.0145. The maximum atomic E-state index is 11.6. The summed E-state index contributed by atoms with van der Waals surface area (Å²) in [6, 6.07) is 12.4. The first-order valence-electron chi connectivity index (χ1n) is 7.61. The van der Waals surface area contributed by atoms with Crippen LogP contribution < -0.4 is 0 Å². The molecule has 3 rings (SSSR count). The van der Waals surface area contributed by atoms with E-state index in [-0.39, 0.29) is 5.03 Å². The second-order valence-corrected chi connectivity index (χ2v) is 7.57. The summed E-state index contributed by atoms with van der Waals surface area (Å²) in [7, 11) is -3.38. The first-order chi connectivity index (χ1) is 12.4. The molecule has 26 heavy (non-hydrogen) atoms. The molecule has 0 amide bonds. The van der Waals surface area contributed by atoms with Crippen LogP contribution in [0.5, 0.6) is 0 Å². The maximum absolute atomic E-state index is 11.6. The van der Waals surface area contributed by atoms with Crippen molar-refractivity contribution >= 4 is 9.84 Å². The predicted molar refractivity (Wildman–Crippen MR) is 96.3 cm³/mol. The molecule has 0 radical (unpaired) electrons. The lowest BCUT2D eigenvalue weighted by molar-refractivity contribution is 0.598. The van der Waals surface area contributed by atoms with Gasteiger partial charge in [0.15, 0.2) is 14.9 Å². The minimum atomic E-state index is -3.38. The third-order valence-corrected chi connectivity index (χ3v) is 4.57. The molecule has 7 heteroatoms. The van der Waals surface area contributed by atoms with Gasteiger partial charge in [-0.1, -0.05) is 12.0 Å². The van der Waals surface area contributed by atoms with Crippen molar-refractivity contribution in [3.8, 4) is 23.6 Å². The second kappa shape index (κ2) is 6.83. The molecule has 0 fully saturated rings. The monoisotopic (exact) mass is 362 g/mol. The Bertz CT molecular complexity index is 1190. The van der Waals surface area contributed by atoms with Gasteiger partial charge in [-0.15, -0.1) is 0 Å². The lowest BCUT2D eigenvalue weighted by atomic mass is 10.2. The lowest BCUT2D eigenvalue weighted by Gasteiger charge is -2.04. The van der Waals surface area contributed by atoms with Crippen molar-refractivity contribution in [2.75, 3.05) is 6.26 Å². The van der Waals surface area contributed by atoms with Crippen LogP contribution in [0, 0.1) is 30.1 Å². The third-order valence-electron chi connectivity index (χ3n) is 3.59. The molecule has 0 bridgehead atoms. The molecule has 6 nitrogen and oxygen atoms in total. The van der Waals surface area contributed by atoms with E-state index >= 15 is 0 Å². The van der Waals surface area contributed by atoms with E-state index in [1.165, 1.54) is 12.3 Å². The van der Waals surface area contributed by atoms with Gasteiger partial charge >= 0.3 is 0 Å². The van der Waals surface area contributed by atoms with Crippen LogP contribution in [0.3, 0.4) is 0 Å². The number of nitrogens with zero attached hydrogens (tertiary/aromatic N) is 4. The molecule has 128 valence electrons. The highest BCUT2D eigenvalue weighted by atomic mass is 32.2.